The lowest BCUT2D eigenvalue weighted by atomic mass is 9.34. The van der Waals surface area contributed by atoms with E-state index in [1.54, 1.807) is 13.0 Å². The standard InChI is InChI=1S/C35H53O7P/c1-20(2)41-43(40,42-21(3)4)25-18-26-33(8,23-17-24(36)29(37)22(5)28(23)25)14-16-35(10)27-19-32(7,30(38)39)12-11-31(27,6)13-15-34(26,35)9/h17-18,20-21,25,27,36-37H,11-16,19H2,1-10H3,(H,38,39)/t25?,27-,31-,32-,33+,34-,35+/m1/s1. The molecule has 7 nitrogen and oxygen atoms in total. The number of fused-ring (bicyclic) bond motifs is 7. The number of phenols is 2. The lowest BCUT2D eigenvalue weighted by Crippen LogP contribution is -2.62. The number of carbonyl (C=O) groups is 1. The van der Waals surface area contributed by atoms with Gasteiger partial charge in [-0.3, -0.25) is 9.36 Å². The van der Waals surface area contributed by atoms with E-state index in [0.29, 0.717) is 18.4 Å². The first kappa shape index (κ1) is 32.6. The van der Waals surface area contributed by atoms with Gasteiger partial charge in [0.25, 0.3) is 0 Å². The van der Waals surface area contributed by atoms with Gasteiger partial charge < -0.3 is 24.4 Å². The molecule has 0 heterocycles. The molecule has 3 N–H and O–H groups in total. The molecule has 3 saturated carbocycles. The Bertz CT molecular complexity index is 1400. The fourth-order valence-corrected chi connectivity index (χ4v) is 12.4. The summed E-state index contributed by atoms with van der Waals surface area (Å²) in [6, 6.07) is 1.67. The van der Waals surface area contributed by atoms with Gasteiger partial charge in [0.1, 0.15) is 5.66 Å². The van der Waals surface area contributed by atoms with Crippen LogP contribution in [0.25, 0.3) is 0 Å². The number of aromatic hydroxyl groups is 2. The molecule has 1 aromatic carbocycles. The number of carboxylic acid groups (broad SMARTS) is 1. The molecule has 5 rings (SSSR count). The minimum absolute atomic E-state index is 0.0565. The predicted molar refractivity (Wildman–Crippen MR) is 169 cm³/mol. The second-order valence-electron chi connectivity index (χ2n) is 16.1. The molecule has 0 amide bonds. The maximum atomic E-state index is 15.0. The Balaban J connectivity index is 1.76. The van der Waals surface area contributed by atoms with Crippen LogP contribution in [0.1, 0.15) is 130 Å². The highest BCUT2D eigenvalue weighted by Crippen LogP contribution is 2.77. The van der Waals surface area contributed by atoms with Crippen molar-refractivity contribution in [2.45, 2.75) is 137 Å². The van der Waals surface area contributed by atoms with Crippen molar-refractivity contribution < 1.29 is 33.7 Å². The molecule has 0 bridgehead atoms. The van der Waals surface area contributed by atoms with Gasteiger partial charge in [-0.25, -0.2) is 0 Å². The first-order chi connectivity index (χ1) is 19.7. The zero-order chi connectivity index (χ0) is 32.1. The Morgan fingerprint density at radius 1 is 0.930 bits per heavy atom. The molecule has 8 heteroatoms. The van der Waals surface area contributed by atoms with E-state index in [2.05, 4.69) is 33.8 Å². The summed E-state index contributed by atoms with van der Waals surface area (Å²) in [5.74, 6) is -0.888. The molecule has 0 spiro atoms. The third-order valence-electron chi connectivity index (χ3n) is 12.7. The quantitative estimate of drug-likeness (QED) is 0.166. The molecule has 0 aromatic heterocycles. The van der Waals surface area contributed by atoms with E-state index in [-0.39, 0.29) is 45.9 Å². The highest BCUT2D eigenvalue weighted by molar-refractivity contribution is 7.54. The second kappa shape index (κ2) is 10.1. The lowest BCUT2D eigenvalue weighted by molar-refractivity contribution is -0.177. The van der Waals surface area contributed by atoms with E-state index in [4.69, 9.17) is 9.05 Å². The van der Waals surface area contributed by atoms with Gasteiger partial charge in [-0.1, -0.05) is 39.3 Å². The van der Waals surface area contributed by atoms with Crippen LogP contribution in [0.4, 0.5) is 0 Å². The molecule has 0 radical (unpaired) electrons. The second-order valence-corrected chi connectivity index (χ2v) is 18.1. The zero-order valence-corrected chi connectivity index (χ0v) is 28.7. The number of allylic oxidation sites excluding steroid dienone is 2. The lowest BCUT2D eigenvalue weighted by Gasteiger charge is -2.70. The van der Waals surface area contributed by atoms with Crippen LogP contribution in [0.5, 0.6) is 11.5 Å². The van der Waals surface area contributed by atoms with Crippen LogP contribution in [-0.2, 0) is 23.8 Å². The fraction of sp³-hybridized carbons (Fsp3) is 0.743. The Hall–Kier alpha value is -1.82. The summed E-state index contributed by atoms with van der Waals surface area (Å²) >= 11 is 0. The van der Waals surface area contributed by atoms with Gasteiger partial charge in [0.05, 0.1) is 17.6 Å². The van der Waals surface area contributed by atoms with Gasteiger partial charge in [-0.2, -0.15) is 0 Å². The van der Waals surface area contributed by atoms with Crippen LogP contribution >= 0.6 is 7.60 Å². The number of hydrogen-bond acceptors (Lipinski definition) is 6. The average molecular weight is 617 g/mol. The van der Waals surface area contributed by atoms with E-state index in [0.717, 1.165) is 43.2 Å². The molecule has 240 valence electrons. The third kappa shape index (κ3) is 4.57. The van der Waals surface area contributed by atoms with E-state index < -0.39 is 30.1 Å². The van der Waals surface area contributed by atoms with Crippen LogP contribution in [0.3, 0.4) is 0 Å². The third-order valence-corrected chi connectivity index (χ3v) is 15.2. The normalized spacial score (nSPS) is 39.0. The van der Waals surface area contributed by atoms with Crippen molar-refractivity contribution in [3.05, 3.63) is 34.4 Å². The Morgan fingerprint density at radius 2 is 1.51 bits per heavy atom. The Kier molecular flexibility index (Phi) is 7.64. The van der Waals surface area contributed by atoms with Crippen LogP contribution in [0.2, 0.25) is 0 Å². The zero-order valence-electron chi connectivity index (χ0n) is 27.8. The summed E-state index contributed by atoms with van der Waals surface area (Å²) in [6.07, 6.45) is 7.31. The van der Waals surface area contributed by atoms with E-state index in [1.165, 1.54) is 5.57 Å². The largest absolute Gasteiger partial charge is 0.504 e. The van der Waals surface area contributed by atoms with Gasteiger partial charge in [-0.15, -0.1) is 0 Å². The maximum absolute atomic E-state index is 15.0. The van der Waals surface area contributed by atoms with Crippen molar-refractivity contribution in [2.24, 2.45) is 27.6 Å². The summed E-state index contributed by atoms with van der Waals surface area (Å²) in [5, 5.41) is 32.1. The minimum Gasteiger partial charge on any atom is -0.504 e. The van der Waals surface area contributed by atoms with Crippen molar-refractivity contribution in [1.29, 1.82) is 0 Å². The molecule has 4 aliphatic carbocycles. The molecule has 3 fully saturated rings. The predicted octanol–water partition coefficient (Wildman–Crippen LogP) is 9.19. The van der Waals surface area contributed by atoms with Gasteiger partial charge in [0.15, 0.2) is 11.5 Å². The van der Waals surface area contributed by atoms with E-state index in [1.807, 2.05) is 34.6 Å². The van der Waals surface area contributed by atoms with Crippen molar-refractivity contribution >= 4 is 13.6 Å². The molecule has 0 saturated heterocycles. The summed E-state index contributed by atoms with van der Waals surface area (Å²) in [7, 11) is -3.82. The molecule has 0 aliphatic heterocycles. The molecule has 1 unspecified atom stereocenters. The summed E-state index contributed by atoms with van der Waals surface area (Å²) < 4.78 is 27.4. The number of rotatable bonds is 6. The molecule has 4 aliphatic rings. The first-order valence-corrected chi connectivity index (χ1v) is 17.8. The number of benzene rings is 1. The first-order valence-electron chi connectivity index (χ1n) is 16.2. The molecular weight excluding hydrogens is 563 g/mol. The topological polar surface area (TPSA) is 113 Å². The Labute approximate surface area is 258 Å². The number of hydrogen-bond donors (Lipinski definition) is 3. The van der Waals surface area contributed by atoms with Gasteiger partial charge in [-0.05, 0) is 131 Å². The molecule has 43 heavy (non-hydrogen) atoms. The molecule has 7 atom stereocenters. The van der Waals surface area contributed by atoms with Crippen molar-refractivity contribution in [2.75, 3.05) is 0 Å². The van der Waals surface area contributed by atoms with Gasteiger partial charge in [0, 0.05) is 5.41 Å². The monoisotopic (exact) mass is 616 g/mol. The molecular formula is C35H53O7P. The van der Waals surface area contributed by atoms with Crippen LogP contribution in [-0.4, -0.2) is 33.5 Å². The van der Waals surface area contributed by atoms with Crippen LogP contribution in [0, 0.1) is 34.5 Å². The van der Waals surface area contributed by atoms with Crippen molar-refractivity contribution in [3.63, 3.8) is 0 Å². The SMILES string of the molecule is Cc1c(O)c(O)cc2c1C(P(=O)(OC(C)C)OC(C)C)C=C1[C@@]2(C)CC[C@@]2(C)[C@@H]3C[C@](C)(C(=O)O)CC[C@]3(C)CC[C@]12C. The number of carboxylic acids is 1. The summed E-state index contributed by atoms with van der Waals surface area (Å²) in [6.45, 7) is 20.4. The van der Waals surface area contributed by atoms with Crippen LogP contribution < -0.4 is 0 Å². The fourth-order valence-electron chi connectivity index (χ4n) is 9.90. The maximum Gasteiger partial charge on any atom is 0.342 e. The Morgan fingerprint density at radius 3 is 2.07 bits per heavy atom. The average Bonchev–Trinajstić information content (AvgIpc) is 2.89. The van der Waals surface area contributed by atoms with Crippen molar-refractivity contribution in [1.82, 2.24) is 0 Å². The van der Waals surface area contributed by atoms with Gasteiger partial charge in [0.2, 0.25) is 0 Å². The molecule has 1 aromatic rings. The van der Waals surface area contributed by atoms with E-state index >= 15 is 0 Å². The summed E-state index contributed by atoms with van der Waals surface area (Å²) in [5.41, 5.74) is 0.818. The van der Waals surface area contributed by atoms with Crippen LogP contribution in [0.15, 0.2) is 17.7 Å². The highest BCUT2D eigenvalue weighted by Gasteiger charge is 2.68. The number of aliphatic carboxylic acids is 1. The van der Waals surface area contributed by atoms with Crippen molar-refractivity contribution in [3.8, 4) is 11.5 Å². The minimum atomic E-state index is -3.82. The number of phenolic OH excluding ortho intramolecular Hbond substituents is 2. The van der Waals surface area contributed by atoms with Gasteiger partial charge >= 0.3 is 13.6 Å². The van der Waals surface area contributed by atoms with E-state index in [9.17, 15) is 24.7 Å². The smallest absolute Gasteiger partial charge is 0.342 e. The summed E-state index contributed by atoms with van der Waals surface area (Å²) in [4.78, 5) is 12.5. The highest BCUT2D eigenvalue weighted by atomic mass is 31.2.